The van der Waals surface area contributed by atoms with Crippen LogP contribution in [0.3, 0.4) is 0 Å². The highest BCUT2D eigenvalue weighted by molar-refractivity contribution is 7.22. The predicted octanol–water partition coefficient (Wildman–Crippen LogP) is 4.35. The van der Waals surface area contributed by atoms with Gasteiger partial charge in [-0.05, 0) is 36.8 Å². The van der Waals surface area contributed by atoms with Gasteiger partial charge in [0.05, 0.1) is 17.3 Å². The van der Waals surface area contributed by atoms with Crippen LogP contribution in [-0.2, 0) is 4.79 Å². The number of hydrogen-bond acceptors (Lipinski definition) is 4. The lowest BCUT2D eigenvalue weighted by Gasteiger charge is -2.01. The van der Waals surface area contributed by atoms with Gasteiger partial charge in [0.1, 0.15) is 5.75 Å². The molecule has 0 unspecified atom stereocenters. The molecule has 5 heteroatoms. The quantitative estimate of drug-likeness (QED) is 0.726. The molecule has 0 saturated carbocycles. The van der Waals surface area contributed by atoms with Crippen molar-refractivity contribution in [3.63, 3.8) is 0 Å². The van der Waals surface area contributed by atoms with Crippen molar-refractivity contribution in [1.29, 1.82) is 0 Å². The molecule has 0 spiro atoms. The third-order valence-electron chi connectivity index (χ3n) is 3.36. The van der Waals surface area contributed by atoms with E-state index in [1.165, 1.54) is 11.3 Å². The molecule has 4 nitrogen and oxygen atoms in total. The number of ether oxygens (including phenoxy) is 1. The summed E-state index contributed by atoms with van der Waals surface area (Å²) in [6.45, 7) is 1.79. The Balaban J connectivity index is 1.78. The van der Waals surface area contributed by atoms with Gasteiger partial charge in [-0.2, -0.15) is 0 Å². The zero-order valence-electron chi connectivity index (χ0n) is 12.9. The molecule has 1 aromatic heterocycles. The van der Waals surface area contributed by atoms with Crippen LogP contribution in [0.4, 0.5) is 5.13 Å². The van der Waals surface area contributed by atoms with Crippen LogP contribution in [0, 0.1) is 0 Å². The third-order valence-corrected chi connectivity index (χ3v) is 4.29. The molecule has 116 valence electrons. The number of hydrogen-bond donors (Lipinski definition) is 1. The van der Waals surface area contributed by atoms with Crippen LogP contribution >= 0.6 is 11.3 Å². The predicted molar refractivity (Wildman–Crippen MR) is 94.9 cm³/mol. The lowest BCUT2D eigenvalue weighted by Crippen LogP contribution is -2.12. The number of nitrogens with one attached hydrogen (secondary N) is 1. The number of amides is 1. The van der Waals surface area contributed by atoms with Crippen molar-refractivity contribution in [3.8, 4) is 5.75 Å². The molecule has 3 rings (SSSR count). The Hall–Kier alpha value is -2.66. The SMILES string of the molecule is COc1ccc2nc(NC(=O)/C(C)=C/c3ccccc3)sc2c1. The van der Waals surface area contributed by atoms with Gasteiger partial charge >= 0.3 is 0 Å². The van der Waals surface area contributed by atoms with E-state index in [0.29, 0.717) is 10.7 Å². The molecular weight excluding hydrogens is 308 g/mol. The summed E-state index contributed by atoms with van der Waals surface area (Å²) < 4.78 is 6.18. The molecule has 0 bridgehead atoms. The maximum atomic E-state index is 12.3. The number of thiazole rings is 1. The van der Waals surface area contributed by atoms with Gasteiger partial charge < -0.3 is 4.74 Å². The summed E-state index contributed by atoms with van der Waals surface area (Å²) in [4.78, 5) is 16.7. The summed E-state index contributed by atoms with van der Waals surface area (Å²) in [5.41, 5.74) is 2.47. The molecule has 3 aromatic rings. The van der Waals surface area contributed by atoms with Crippen LogP contribution in [-0.4, -0.2) is 18.0 Å². The fraction of sp³-hybridized carbons (Fsp3) is 0.111. The van der Waals surface area contributed by atoms with E-state index in [9.17, 15) is 4.79 Å². The first-order valence-electron chi connectivity index (χ1n) is 7.15. The smallest absolute Gasteiger partial charge is 0.253 e. The van der Waals surface area contributed by atoms with E-state index in [1.807, 2.05) is 54.6 Å². The molecule has 1 N–H and O–H groups in total. The number of anilines is 1. The first-order chi connectivity index (χ1) is 11.2. The molecule has 0 aliphatic rings. The van der Waals surface area contributed by atoms with Crippen molar-refractivity contribution in [1.82, 2.24) is 4.98 Å². The van der Waals surface area contributed by atoms with Gasteiger partial charge in [-0.3, -0.25) is 10.1 Å². The average molecular weight is 324 g/mol. The molecule has 1 amide bonds. The molecule has 2 aromatic carbocycles. The molecule has 0 fully saturated rings. The number of fused-ring (bicyclic) bond motifs is 1. The number of methoxy groups -OCH3 is 1. The normalized spacial score (nSPS) is 11.5. The van der Waals surface area contributed by atoms with Crippen LogP contribution in [0.25, 0.3) is 16.3 Å². The summed E-state index contributed by atoms with van der Waals surface area (Å²) in [7, 11) is 1.63. The first-order valence-corrected chi connectivity index (χ1v) is 7.96. The fourth-order valence-corrected chi connectivity index (χ4v) is 3.04. The maximum absolute atomic E-state index is 12.3. The number of carbonyl (C=O) groups is 1. The highest BCUT2D eigenvalue weighted by atomic mass is 32.1. The highest BCUT2D eigenvalue weighted by Gasteiger charge is 2.10. The summed E-state index contributed by atoms with van der Waals surface area (Å²) in [6.07, 6.45) is 1.85. The van der Waals surface area contributed by atoms with Crippen molar-refractivity contribution in [2.24, 2.45) is 0 Å². The van der Waals surface area contributed by atoms with Crippen molar-refractivity contribution >= 4 is 38.7 Å². The number of rotatable bonds is 4. The summed E-state index contributed by atoms with van der Waals surface area (Å²) >= 11 is 1.43. The molecule has 23 heavy (non-hydrogen) atoms. The minimum absolute atomic E-state index is 0.153. The maximum Gasteiger partial charge on any atom is 0.253 e. The summed E-state index contributed by atoms with van der Waals surface area (Å²) in [5, 5.41) is 3.43. The Bertz CT molecular complexity index is 869. The topological polar surface area (TPSA) is 51.2 Å². The number of aromatic nitrogens is 1. The Morgan fingerprint density at radius 1 is 1.22 bits per heavy atom. The molecule has 0 atom stereocenters. The van der Waals surface area contributed by atoms with Gasteiger partial charge in [-0.1, -0.05) is 41.7 Å². The van der Waals surface area contributed by atoms with E-state index in [1.54, 1.807) is 14.0 Å². The second-order valence-electron chi connectivity index (χ2n) is 5.04. The van der Waals surface area contributed by atoms with Gasteiger partial charge in [0.15, 0.2) is 5.13 Å². The van der Waals surface area contributed by atoms with Crippen molar-refractivity contribution in [3.05, 3.63) is 59.7 Å². The average Bonchev–Trinajstić information content (AvgIpc) is 2.96. The summed E-state index contributed by atoms with van der Waals surface area (Å²) in [6, 6.07) is 15.4. The number of benzene rings is 2. The van der Waals surface area contributed by atoms with Gasteiger partial charge in [0.25, 0.3) is 5.91 Å². The molecule has 0 aliphatic carbocycles. The van der Waals surface area contributed by atoms with Crippen molar-refractivity contribution < 1.29 is 9.53 Å². The number of nitrogens with zero attached hydrogens (tertiary/aromatic N) is 1. The van der Waals surface area contributed by atoms with Crippen LogP contribution in [0.15, 0.2) is 54.1 Å². The monoisotopic (exact) mass is 324 g/mol. The Morgan fingerprint density at radius 3 is 2.74 bits per heavy atom. The summed E-state index contributed by atoms with van der Waals surface area (Å²) in [5.74, 6) is 0.624. The first kappa shape index (κ1) is 15.2. The minimum atomic E-state index is -0.153. The van der Waals surface area contributed by atoms with Crippen LogP contribution in [0.2, 0.25) is 0 Å². The molecule has 1 heterocycles. The van der Waals surface area contributed by atoms with Gasteiger partial charge in [-0.15, -0.1) is 0 Å². The largest absolute Gasteiger partial charge is 0.497 e. The standard InChI is InChI=1S/C18H16N2O2S/c1-12(10-13-6-4-3-5-7-13)17(21)20-18-19-15-9-8-14(22-2)11-16(15)23-18/h3-11H,1-2H3,(H,19,20,21)/b12-10+. The Kier molecular flexibility index (Phi) is 4.39. The molecule has 0 radical (unpaired) electrons. The van der Waals surface area contributed by atoms with Crippen molar-refractivity contribution in [2.75, 3.05) is 12.4 Å². The van der Waals surface area contributed by atoms with Gasteiger partial charge in [-0.25, -0.2) is 4.98 Å². The van der Waals surface area contributed by atoms with E-state index in [4.69, 9.17) is 4.74 Å². The number of carbonyl (C=O) groups excluding carboxylic acids is 1. The van der Waals surface area contributed by atoms with E-state index in [2.05, 4.69) is 10.3 Å². The fourth-order valence-electron chi connectivity index (χ4n) is 2.15. The van der Waals surface area contributed by atoms with Gasteiger partial charge in [0, 0.05) is 5.57 Å². The van der Waals surface area contributed by atoms with E-state index < -0.39 is 0 Å². The van der Waals surface area contributed by atoms with E-state index >= 15 is 0 Å². The second-order valence-corrected chi connectivity index (χ2v) is 6.08. The lowest BCUT2D eigenvalue weighted by atomic mass is 10.1. The van der Waals surface area contributed by atoms with Gasteiger partial charge in [0.2, 0.25) is 0 Å². The third kappa shape index (κ3) is 3.57. The van der Waals surface area contributed by atoms with Crippen LogP contribution in [0.5, 0.6) is 5.75 Å². The lowest BCUT2D eigenvalue weighted by molar-refractivity contribution is -0.112. The van der Waals surface area contributed by atoms with E-state index in [0.717, 1.165) is 21.5 Å². The van der Waals surface area contributed by atoms with E-state index in [-0.39, 0.29) is 5.91 Å². The zero-order chi connectivity index (χ0) is 16.2. The van der Waals surface area contributed by atoms with Crippen LogP contribution in [0.1, 0.15) is 12.5 Å². The highest BCUT2D eigenvalue weighted by Crippen LogP contribution is 2.29. The van der Waals surface area contributed by atoms with Crippen LogP contribution < -0.4 is 10.1 Å². The zero-order valence-corrected chi connectivity index (χ0v) is 13.7. The Morgan fingerprint density at radius 2 is 2.00 bits per heavy atom. The molecular formula is C18H16N2O2S. The minimum Gasteiger partial charge on any atom is -0.497 e. The molecule has 0 saturated heterocycles. The molecule has 0 aliphatic heterocycles. The Labute approximate surface area is 138 Å². The van der Waals surface area contributed by atoms with Crippen molar-refractivity contribution in [2.45, 2.75) is 6.92 Å². The second kappa shape index (κ2) is 6.62.